The summed E-state index contributed by atoms with van der Waals surface area (Å²) in [5, 5.41) is 3.54. The maximum atomic E-state index is 4.61. The van der Waals surface area contributed by atoms with Gasteiger partial charge in [0.25, 0.3) is 0 Å². The second kappa shape index (κ2) is 5.91. The first kappa shape index (κ1) is 13.5. The Balaban J connectivity index is 1.54. The van der Waals surface area contributed by atoms with Gasteiger partial charge >= 0.3 is 0 Å². The minimum absolute atomic E-state index is 0.589. The maximum absolute atomic E-state index is 4.61. The summed E-state index contributed by atoms with van der Waals surface area (Å²) in [6, 6.07) is 6.67. The number of hydrogen-bond acceptors (Lipinski definition) is 4. The van der Waals surface area contributed by atoms with Crippen LogP contribution in [0.4, 0.5) is 0 Å². The number of imidazole rings is 1. The van der Waals surface area contributed by atoms with Crippen molar-refractivity contribution in [3.63, 3.8) is 0 Å². The van der Waals surface area contributed by atoms with Crippen molar-refractivity contribution in [2.75, 3.05) is 40.3 Å². The van der Waals surface area contributed by atoms with Crippen LogP contribution >= 0.6 is 0 Å². The molecule has 0 amide bonds. The van der Waals surface area contributed by atoms with Crippen molar-refractivity contribution in [3.05, 3.63) is 36.3 Å². The average molecular weight is 273 g/mol. The van der Waals surface area contributed by atoms with Crippen LogP contribution < -0.4 is 5.32 Å². The summed E-state index contributed by atoms with van der Waals surface area (Å²) in [5.41, 5.74) is 2.11. The number of likely N-dealkylation sites (N-methyl/N-ethyl adjacent to an activating group) is 2. The zero-order valence-corrected chi connectivity index (χ0v) is 12.3. The lowest BCUT2D eigenvalue weighted by atomic mass is 10.2. The van der Waals surface area contributed by atoms with Crippen LogP contribution in [0, 0.1) is 0 Å². The number of fused-ring (bicyclic) bond motifs is 1. The SMILES string of the molecule is CN1CCN(C)C(CNCc2cn3ccccc3n2)C1. The van der Waals surface area contributed by atoms with Crippen molar-refractivity contribution in [2.45, 2.75) is 12.6 Å². The molecule has 1 atom stereocenters. The molecule has 1 aliphatic heterocycles. The molecule has 3 heterocycles. The molecule has 0 radical (unpaired) electrons. The van der Waals surface area contributed by atoms with E-state index in [1.54, 1.807) is 0 Å². The third kappa shape index (κ3) is 3.00. The molecule has 0 bridgehead atoms. The van der Waals surface area contributed by atoms with E-state index in [2.05, 4.69) is 44.8 Å². The molecular formula is C15H23N5. The van der Waals surface area contributed by atoms with E-state index in [1.807, 2.05) is 24.4 Å². The molecule has 2 aromatic rings. The van der Waals surface area contributed by atoms with E-state index in [-0.39, 0.29) is 0 Å². The molecule has 1 unspecified atom stereocenters. The lowest BCUT2D eigenvalue weighted by molar-refractivity contribution is 0.113. The van der Waals surface area contributed by atoms with Crippen LogP contribution in [0.2, 0.25) is 0 Å². The molecule has 20 heavy (non-hydrogen) atoms. The lowest BCUT2D eigenvalue weighted by Crippen LogP contribution is -2.53. The molecule has 1 fully saturated rings. The Hall–Kier alpha value is -1.43. The topological polar surface area (TPSA) is 35.8 Å². The molecule has 0 saturated carbocycles. The first-order valence-corrected chi connectivity index (χ1v) is 7.24. The molecule has 1 aliphatic rings. The zero-order valence-electron chi connectivity index (χ0n) is 12.3. The van der Waals surface area contributed by atoms with Crippen molar-refractivity contribution < 1.29 is 0 Å². The quantitative estimate of drug-likeness (QED) is 0.888. The predicted octanol–water partition coefficient (Wildman–Crippen LogP) is 0.670. The average Bonchev–Trinajstić information content (AvgIpc) is 2.85. The molecule has 5 heteroatoms. The van der Waals surface area contributed by atoms with Gasteiger partial charge in [0.15, 0.2) is 0 Å². The van der Waals surface area contributed by atoms with Gasteiger partial charge in [-0.2, -0.15) is 0 Å². The highest BCUT2D eigenvalue weighted by Gasteiger charge is 2.21. The van der Waals surface area contributed by atoms with E-state index in [0.29, 0.717) is 6.04 Å². The van der Waals surface area contributed by atoms with Gasteiger partial charge in [0.05, 0.1) is 5.69 Å². The molecular weight excluding hydrogens is 250 g/mol. The summed E-state index contributed by atoms with van der Waals surface area (Å²) in [6.45, 7) is 5.29. The van der Waals surface area contributed by atoms with Gasteiger partial charge in [-0.1, -0.05) is 6.07 Å². The summed E-state index contributed by atoms with van der Waals surface area (Å²) in [7, 11) is 4.41. The van der Waals surface area contributed by atoms with Crippen molar-refractivity contribution in [3.8, 4) is 0 Å². The molecule has 1 N–H and O–H groups in total. The molecule has 2 aromatic heterocycles. The molecule has 0 aliphatic carbocycles. The summed E-state index contributed by atoms with van der Waals surface area (Å²) in [5.74, 6) is 0. The van der Waals surface area contributed by atoms with Crippen LogP contribution in [0.3, 0.4) is 0 Å². The Morgan fingerprint density at radius 1 is 1.30 bits per heavy atom. The van der Waals surface area contributed by atoms with Gasteiger partial charge in [-0.3, -0.25) is 4.90 Å². The summed E-state index contributed by atoms with van der Waals surface area (Å²) in [4.78, 5) is 9.45. The van der Waals surface area contributed by atoms with Crippen LogP contribution in [-0.4, -0.2) is 65.5 Å². The van der Waals surface area contributed by atoms with Crippen molar-refractivity contribution >= 4 is 5.65 Å². The number of hydrogen-bond donors (Lipinski definition) is 1. The summed E-state index contributed by atoms with van der Waals surface area (Å²) in [6.07, 6.45) is 4.13. The normalized spacial score (nSPS) is 21.6. The molecule has 0 spiro atoms. The second-order valence-electron chi connectivity index (χ2n) is 5.73. The van der Waals surface area contributed by atoms with Crippen molar-refractivity contribution in [2.24, 2.45) is 0 Å². The largest absolute Gasteiger partial charge is 0.309 e. The van der Waals surface area contributed by atoms with Gasteiger partial charge in [-0.05, 0) is 26.2 Å². The Morgan fingerprint density at radius 2 is 2.20 bits per heavy atom. The third-order valence-electron chi connectivity index (χ3n) is 4.08. The van der Waals surface area contributed by atoms with E-state index in [4.69, 9.17) is 0 Å². The number of rotatable bonds is 4. The monoisotopic (exact) mass is 273 g/mol. The molecule has 5 nitrogen and oxygen atoms in total. The smallest absolute Gasteiger partial charge is 0.137 e. The van der Waals surface area contributed by atoms with E-state index >= 15 is 0 Å². The predicted molar refractivity (Wildman–Crippen MR) is 80.8 cm³/mol. The Bertz CT molecular complexity index is 531. The first-order valence-electron chi connectivity index (χ1n) is 7.24. The van der Waals surface area contributed by atoms with Crippen LogP contribution in [-0.2, 0) is 6.54 Å². The van der Waals surface area contributed by atoms with Crippen LogP contribution in [0.25, 0.3) is 5.65 Å². The molecule has 1 saturated heterocycles. The fraction of sp³-hybridized carbons (Fsp3) is 0.533. The molecule has 108 valence electrons. The lowest BCUT2D eigenvalue weighted by Gasteiger charge is -2.37. The van der Waals surface area contributed by atoms with Gasteiger partial charge < -0.3 is 14.6 Å². The van der Waals surface area contributed by atoms with E-state index in [9.17, 15) is 0 Å². The highest BCUT2D eigenvalue weighted by molar-refractivity contribution is 5.39. The standard InChI is InChI=1S/C15H23N5/c1-18-7-8-19(2)14(12-18)10-16-9-13-11-20-6-4-3-5-15(20)17-13/h3-6,11,14,16H,7-10,12H2,1-2H3. The third-order valence-corrected chi connectivity index (χ3v) is 4.08. The molecule has 3 rings (SSSR count). The minimum Gasteiger partial charge on any atom is -0.309 e. The highest BCUT2D eigenvalue weighted by atomic mass is 15.3. The summed E-state index contributed by atoms with van der Waals surface area (Å²) < 4.78 is 2.07. The van der Waals surface area contributed by atoms with Gasteiger partial charge in [0, 0.05) is 51.2 Å². The van der Waals surface area contributed by atoms with Gasteiger partial charge in [0.1, 0.15) is 5.65 Å². The Kier molecular flexibility index (Phi) is 4.00. The van der Waals surface area contributed by atoms with E-state index in [1.165, 1.54) is 6.54 Å². The van der Waals surface area contributed by atoms with Gasteiger partial charge in [-0.25, -0.2) is 4.98 Å². The summed E-state index contributed by atoms with van der Waals surface area (Å²) >= 11 is 0. The van der Waals surface area contributed by atoms with E-state index < -0.39 is 0 Å². The minimum atomic E-state index is 0.589. The molecule has 0 aromatic carbocycles. The van der Waals surface area contributed by atoms with E-state index in [0.717, 1.165) is 37.5 Å². The van der Waals surface area contributed by atoms with Crippen molar-refractivity contribution in [1.82, 2.24) is 24.5 Å². The fourth-order valence-corrected chi connectivity index (χ4v) is 2.76. The number of nitrogens with one attached hydrogen (secondary N) is 1. The fourth-order valence-electron chi connectivity index (χ4n) is 2.76. The van der Waals surface area contributed by atoms with Crippen LogP contribution in [0.15, 0.2) is 30.6 Å². The highest BCUT2D eigenvalue weighted by Crippen LogP contribution is 2.06. The number of nitrogens with zero attached hydrogens (tertiary/aromatic N) is 4. The van der Waals surface area contributed by atoms with Gasteiger partial charge in [-0.15, -0.1) is 0 Å². The second-order valence-corrected chi connectivity index (χ2v) is 5.73. The Labute approximate surface area is 120 Å². The number of aromatic nitrogens is 2. The van der Waals surface area contributed by atoms with Crippen LogP contribution in [0.1, 0.15) is 5.69 Å². The van der Waals surface area contributed by atoms with Gasteiger partial charge in [0.2, 0.25) is 0 Å². The van der Waals surface area contributed by atoms with Crippen molar-refractivity contribution in [1.29, 1.82) is 0 Å². The van der Waals surface area contributed by atoms with Crippen LogP contribution in [0.5, 0.6) is 0 Å². The number of pyridine rings is 1. The maximum Gasteiger partial charge on any atom is 0.137 e. The number of piperazine rings is 1. The zero-order chi connectivity index (χ0) is 13.9. The first-order chi connectivity index (χ1) is 9.72. The Morgan fingerprint density at radius 3 is 3.05 bits per heavy atom.